The van der Waals surface area contributed by atoms with Gasteiger partial charge in [-0.3, -0.25) is 9.59 Å². The Bertz CT molecular complexity index is 1330. The van der Waals surface area contributed by atoms with E-state index in [1.807, 2.05) is 0 Å². The number of carbonyl (C=O) groups excluding carboxylic acids is 3. The van der Waals surface area contributed by atoms with E-state index in [2.05, 4.69) is 0 Å². The Kier molecular flexibility index (Phi) is 6.27. The third-order valence-electron chi connectivity index (χ3n) is 10.3. The molecule has 8 atom stereocenters. The second-order valence-corrected chi connectivity index (χ2v) is 12.1. The minimum Gasteiger partial charge on any atom is -0.478 e. The van der Waals surface area contributed by atoms with Gasteiger partial charge in [0.05, 0.1) is 17.2 Å². The minimum atomic E-state index is -2.09. The lowest BCUT2D eigenvalue weighted by atomic mass is 9.44. The number of alkyl halides is 1. The highest BCUT2D eigenvalue weighted by Crippen LogP contribution is 2.70. The first-order chi connectivity index (χ1) is 18.2. The first-order valence-corrected chi connectivity index (χ1v) is 13.3. The predicted octanol–water partition coefficient (Wildman–Crippen LogP) is 3.46. The normalized spacial score (nSPS) is 40.7. The molecule has 39 heavy (non-hydrogen) atoms. The summed E-state index contributed by atoms with van der Waals surface area (Å²) in [6, 6.07) is 5.20. The number of benzene rings is 1. The highest BCUT2D eigenvalue weighted by atomic mass is 19.1. The van der Waals surface area contributed by atoms with Gasteiger partial charge in [-0.1, -0.05) is 31.6 Å². The minimum absolute atomic E-state index is 0.0492. The number of carbonyl (C=O) groups is 4. The molecule has 5 rings (SSSR count). The van der Waals surface area contributed by atoms with Crippen LogP contribution in [0.25, 0.3) is 0 Å². The highest BCUT2D eigenvalue weighted by Gasteiger charge is 2.75. The molecular formula is C30H33FO8. The van der Waals surface area contributed by atoms with Gasteiger partial charge in [0.15, 0.2) is 18.1 Å². The van der Waals surface area contributed by atoms with E-state index in [4.69, 9.17) is 9.84 Å². The Morgan fingerprint density at radius 2 is 1.85 bits per heavy atom. The second kappa shape index (κ2) is 8.93. The Morgan fingerprint density at radius 1 is 1.15 bits per heavy atom. The quantitative estimate of drug-likeness (QED) is 0.483. The Morgan fingerprint density at radius 3 is 2.54 bits per heavy atom. The fourth-order valence-corrected chi connectivity index (χ4v) is 8.24. The number of aliphatic hydroxyl groups is 2. The van der Waals surface area contributed by atoms with E-state index in [9.17, 15) is 29.4 Å². The number of carboxylic acid groups (broad SMARTS) is 1. The van der Waals surface area contributed by atoms with Gasteiger partial charge in [0.25, 0.3) is 0 Å². The molecule has 0 aromatic heterocycles. The van der Waals surface area contributed by atoms with Crippen molar-refractivity contribution in [3.05, 3.63) is 59.2 Å². The predicted molar refractivity (Wildman–Crippen MR) is 137 cm³/mol. The maximum absolute atomic E-state index is 17.2. The SMILES string of the molecule is C[C@@H]1C[C@H]2[C@@H]3CCC4=CC(=O)C=C[C@]4(C)[C@@]3(F)[C@@H](O)C[C@]2(C)[C@@]1(O)C(=O)COC(=O)c1cccc(C(=O)O)c1. The highest BCUT2D eigenvalue weighted by molar-refractivity contribution is 6.01. The standard InChI is InChI=1S/C30H33FO8/c1-16-11-22-21-8-7-19-13-20(32)9-10-27(19,2)29(21,31)23(33)14-28(22,3)30(16,38)24(34)15-39-26(37)18-6-4-5-17(12-18)25(35)36/h4-6,9-10,12-13,16,21-23,33,38H,7-8,11,14-15H2,1-3H3,(H,35,36)/t16-,21+,22+,23+,27+,28+,29+,30+/m1/s1. The summed E-state index contributed by atoms with van der Waals surface area (Å²) >= 11 is 0. The van der Waals surface area contributed by atoms with Crippen LogP contribution in [0, 0.1) is 28.6 Å². The zero-order chi connectivity index (χ0) is 28.5. The summed E-state index contributed by atoms with van der Waals surface area (Å²) in [4.78, 5) is 49.4. The summed E-state index contributed by atoms with van der Waals surface area (Å²) < 4.78 is 22.4. The number of Topliss-reactive ketones (excluding diaryl/α,β-unsaturated/α-hetero) is 1. The van der Waals surface area contributed by atoms with E-state index in [1.54, 1.807) is 26.8 Å². The lowest BCUT2D eigenvalue weighted by molar-refractivity contribution is -0.219. The van der Waals surface area contributed by atoms with Gasteiger partial charge in [0.1, 0.15) is 5.60 Å². The molecule has 8 nitrogen and oxygen atoms in total. The van der Waals surface area contributed by atoms with Crippen LogP contribution in [-0.2, 0) is 14.3 Å². The number of ether oxygens (including phenoxy) is 1. The van der Waals surface area contributed by atoms with Crippen LogP contribution in [0.4, 0.5) is 4.39 Å². The van der Waals surface area contributed by atoms with Crippen LogP contribution >= 0.6 is 0 Å². The number of hydrogen-bond donors (Lipinski definition) is 3. The molecule has 3 saturated carbocycles. The topological polar surface area (TPSA) is 138 Å². The number of aliphatic hydroxyl groups excluding tert-OH is 1. The van der Waals surface area contributed by atoms with Crippen LogP contribution in [0.1, 0.15) is 67.2 Å². The van der Waals surface area contributed by atoms with Crippen molar-refractivity contribution < 1.29 is 43.6 Å². The first-order valence-electron chi connectivity index (χ1n) is 13.3. The van der Waals surface area contributed by atoms with E-state index >= 15 is 4.39 Å². The molecule has 9 heteroatoms. The second-order valence-electron chi connectivity index (χ2n) is 12.1. The van der Waals surface area contributed by atoms with Gasteiger partial charge in [0.2, 0.25) is 5.78 Å². The molecule has 1 aromatic rings. The third kappa shape index (κ3) is 3.62. The molecule has 3 N–H and O–H groups in total. The van der Waals surface area contributed by atoms with E-state index in [0.717, 1.165) is 6.07 Å². The summed E-state index contributed by atoms with van der Waals surface area (Å²) in [6.07, 6.45) is 3.82. The molecule has 0 radical (unpaired) electrons. The molecule has 0 unspecified atom stereocenters. The molecule has 4 aliphatic carbocycles. The van der Waals surface area contributed by atoms with Gasteiger partial charge >= 0.3 is 11.9 Å². The lowest BCUT2D eigenvalue weighted by Gasteiger charge is -2.62. The first kappa shape index (κ1) is 27.4. The molecule has 208 valence electrons. The zero-order valence-electron chi connectivity index (χ0n) is 22.1. The van der Waals surface area contributed by atoms with E-state index in [1.165, 1.54) is 30.4 Å². The Balaban J connectivity index is 1.41. The van der Waals surface area contributed by atoms with Gasteiger partial charge in [0, 0.05) is 16.7 Å². The average molecular weight is 541 g/mol. The zero-order valence-corrected chi connectivity index (χ0v) is 22.1. The van der Waals surface area contributed by atoms with Gasteiger partial charge in [-0.15, -0.1) is 0 Å². The maximum atomic E-state index is 17.2. The lowest BCUT2D eigenvalue weighted by Crippen LogP contribution is -2.69. The largest absolute Gasteiger partial charge is 0.478 e. The third-order valence-corrected chi connectivity index (χ3v) is 10.3. The average Bonchev–Trinajstić information content (AvgIpc) is 3.09. The number of fused-ring (bicyclic) bond motifs is 5. The summed E-state index contributed by atoms with van der Waals surface area (Å²) in [5.41, 5.74) is -5.97. The van der Waals surface area contributed by atoms with Crippen LogP contribution in [0.5, 0.6) is 0 Å². The van der Waals surface area contributed by atoms with Crippen LogP contribution < -0.4 is 0 Å². The summed E-state index contributed by atoms with van der Waals surface area (Å²) in [5, 5.41) is 32.6. The van der Waals surface area contributed by atoms with Crippen molar-refractivity contribution in [3.63, 3.8) is 0 Å². The molecule has 0 aliphatic heterocycles. The smallest absolute Gasteiger partial charge is 0.338 e. The molecule has 4 aliphatic rings. The maximum Gasteiger partial charge on any atom is 0.338 e. The molecule has 0 bridgehead atoms. The number of carboxylic acids is 1. The fourth-order valence-electron chi connectivity index (χ4n) is 8.24. The molecule has 0 heterocycles. The van der Waals surface area contributed by atoms with Gasteiger partial charge < -0.3 is 20.1 Å². The van der Waals surface area contributed by atoms with Crippen molar-refractivity contribution in [3.8, 4) is 0 Å². The fraction of sp³-hybridized carbons (Fsp3) is 0.533. The molecule has 0 saturated heterocycles. The van der Waals surface area contributed by atoms with Crippen LogP contribution in [0.3, 0.4) is 0 Å². The summed E-state index contributed by atoms with van der Waals surface area (Å²) in [5.74, 6) is -4.80. The molecular weight excluding hydrogens is 507 g/mol. The molecule has 0 amide bonds. The Labute approximate surface area is 225 Å². The van der Waals surface area contributed by atoms with Crippen molar-refractivity contribution in [2.24, 2.45) is 28.6 Å². The molecule has 3 fully saturated rings. The molecule has 0 spiro atoms. The Hall–Kier alpha value is -3.17. The molecule has 1 aromatic carbocycles. The van der Waals surface area contributed by atoms with Gasteiger partial charge in [-0.25, -0.2) is 14.0 Å². The van der Waals surface area contributed by atoms with Gasteiger partial charge in [-0.05, 0) is 74.8 Å². The summed E-state index contributed by atoms with van der Waals surface area (Å²) in [7, 11) is 0. The van der Waals surface area contributed by atoms with Crippen molar-refractivity contribution in [1.29, 1.82) is 0 Å². The monoisotopic (exact) mass is 540 g/mol. The number of hydrogen-bond acceptors (Lipinski definition) is 7. The van der Waals surface area contributed by atoms with Crippen LogP contribution in [0.15, 0.2) is 48.1 Å². The van der Waals surface area contributed by atoms with E-state index in [-0.39, 0.29) is 23.3 Å². The number of esters is 1. The van der Waals surface area contributed by atoms with Crippen molar-refractivity contribution in [2.45, 2.75) is 63.8 Å². The number of ketones is 2. The number of rotatable bonds is 5. The van der Waals surface area contributed by atoms with Crippen molar-refractivity contribution in [1.82, 2.24) is 0 Å². The van der Waals surface area contributed by atoms with Gasteiger partial charge in [-0.2, -0.15) is 0 Å². The van der Waals surface area contributed by atoms with Crippen molar-refractivity contribution in [2.75, 3.05) is 6.61 Å². The number of aromatic carboxylic acids is 1. The summed E-state index contributed by atoms with van der Waals surface area (Å²) in [6.45, 7) is 4.36. The van der Waals surface area contributed by atoms with E-state index < -0.39 is 70.3 Å². The number of allylic oxidation sites excluding steroid dienone is 4. The van der Waals surface area contributed by atoms with Crippen molar-refractivity contribution >= 4 is 23.5 Å². The van der Waals surface area contributed by atoms with Crippen LogP contribution in [0.2, 0.25) is 0 Å². The van der Waals surface area contributed by atoms with Crippen LogP contribution in [-0.4, -0.2) is 62.8 Å². The number of halogens is 1. The van der Waals surface area contributed by atoms with E-state index in [0.29, 0.717) is 24.8 Å².